The summed E-state index contributed by atoms with van der Waals surface area (Å²) in [5, 5.41) is 9.95. The Bertz CT molecular complexity index is 518. The smallest absolute Gasteiger partial charge is 0.290 e. The van der Waals surface area contributed by atoms with Gasteiger partial charge in [-0.1, -0.05) is 15.9 Å². The number of hydrogen-bond acceptors (Lipinski definition) is 2. The average molecular weight is 240 g/mol. The summed E-state index contributed by atoms with van der Waals surface area (Å²) in [5.41, 5.74) is 0.251. The van der Waals surface area contributed by atoms with Crippen LogP contribution in [0.2, 0.25) is 0 Å². The standard InChI is InChI=1S/C9H6BrNO2/c10-6-1-2-7-5(3-6)4-8(12)9(13)11-7/h1-4,12H,(H,11,13). The molecule has 0 radical (unpaired) electrons. The Morgan fingerprint density at radius 2 is 2.08 bits per heavy atom. The maximum absolute atomic E-state index is 11.0. The minimum Gasteiger partial charge on any atom is -0.503 e. The second-order valence-corrected chi connectivity index (χ2v) is 3.63. The van der Waals surface area contributed by atoms with E-state index >= 15 is 0 Å². The van der Waals surface area contributed by atoms with E-state index in [1.54, 1.807) is 6.07 Å². The van der Waals surface area contributed by atoms with Gasteiger partial charge in [-0.3, -0.25) is 4.79 Å². The van der Waals surface area contributed by atoms with Crippen LogP contribution in [0.3, 0.4) is 0 Å². The van der Waals surface area contributed by atoms with E-state index in [9.17, 15) is 4.79 Å². The largest absolute Gasteiger partial charge is 0.503 e. The third-order valence-electron chi connectivity index (χ3n) is 1.79. The Balaban J connectivity index is 2.89. The van der Waals surface area contributed by atoms with Gasteiger partial charge < -0.3 is 10.1 Å². The number of H-pyrrole nitrogens is 1. The van der Waals surface area contributed by atoms with Crippen LogP contribution in [-0.4, -0.2) is 10.1 Å². The molecule has 2 rings (SSSR count). The predicted molar refractivity (Wildman–Crippen MR) is 53.9 cm³/mol. The molecule has 13 heavy (non-hydrogen) atoms. The highest BCUT2D eigenvalue weighted by Crippen LogP contribution is 2.18. The number of fused-ring (bicyclic) bond motifs is 1. The highest BCUT2D eigenvalue weighted by Gasteiger charge is 2.00. The summed E-state index contributed by atoms with van der Waals surface area (Å²) in [5.74, 6) is -0.259. The zero-order chi connectivity index (χ0) is 9.42. The van der Waals surface area contributed by atoms with E-state index in [4.69, 9.17) is 5.11 Å². The van der Waals surface area contributed by atoms with Crippen LogP contribution in [0.25, 0.3) is 10.9 Å². The molecule has 0 aliphatic rings. The maximum Gasteiger partial charge on any atom is 0.290 e. The fourth-order valence-corrected chi connectivity index (χ4v) is 1.54. The molecule has 1 aromatic carbocycles. The molecule has 1 heterocycles. The lowest BCUT2D eigenvalue weighted by molar-refractivity contribution is 0.468. The number of hydrogen-bond donors (Lipinski definition) is 2. The van der Waals surface area contributed by atoms with Crippen molar-refractivity contribution in [3.63, 3.8) is 0 Å². The number of aromatic amines is 1. The Kier molecular flexibility index (Phi) is 1.84. The highest BCUT2D eigenvalue weighted by molar-refractivity contribution is 9.10. The van der Waals surface area contributed by atoms with Crippen molar-refractivity contribution in [1.82, 2.24) is 4.98 Å². The monoisotopic (exact) mass is 239 g/mol. The fourth-order valence-electron chi connectivity index (χ4n) is 1.17. The van der Waals surface area contributed by atoms with Crippen LogP contribution in [-0.2, 0) is 0 Å². The van der Waals surface area contributed by atoms with E-state index in [0.29, 0.717) is 5.52 Å². The number of pyridine rings is 1. The molecule has 0 aliphatic heterocycles. The van der Waals surface area contributed by atoms with Crippen LogP contribution in [0.5, 0.6) is 5.75 Å². The van der Waals surface area contributed by atoms with E-state index in [0.717, 1.165) is 9.86 Å². The van der Waals surface area contributed by atoms with Crippen LogP contribution in [0.15, 0.2) is 33.5 Å². The molecule has 2 aromatic rings. The molecule has 0 atom stereocenters. The summed E-state index contributed by atoms with van der Waals surface area (Å²) in [6.45, 7) is 0. The summed E-state index contributed by atoms with van der Waals surface area (Å²) in [6.07, 6.45) is 0. The Morgan fingerprint density at radius 3 is 2.85 bits per heavy atom. The third-order valence-corrected chi connectivity index (χ3v) is 2.28. The molecule has 0 saturated heterocycles. The Hall–Kier alpha value is -1.29. The summed E-state index contributed by atoms with van der Waals surface area (Å²) in [4.78, 5) is 13.6. The van der Waals surface area contributed by atoms with E-state index < -0.39 is 5.56 Å². The summed E-state index contributed by atoms with van der Waals surface area (Å²) in [7, 11) is 0. The van der Waals surface area contributed by atoms with E-state index in [1.807, 2.05) is 12.1 Å². The van der Waals surface area contributed by atoms with Gasteiger partial charge in [-0.25, -0.2) is 0 Å². The topological polar surface area (TPSA) is 53.1 Å². The van der Waals surface area contributed by atoms with Crippen molar-refractivity contribution >= 4 is 26.8 Å². The first-order chi connectivity index (χ1) is 6.16. The molecule has 0 unspecified atom stereocenters. The van der Waals surface area contributed by atoms with Crippen LogP contribution >= 0.6 is 15.9 Å². The van der Waals surface area contributed by atoms with Crippen molar-refractivity contribution in [2.45, 2.75) is 0 Å². The molecule has 0 aliphatic carbocycles. The number of nitrogens with one attached hydrogen (secondary N) is 1. The summed E-state index contributed by atoms with van der Waals surface area (Å²) in [6, 6.07) is 6.87. The number of rotatable bonds is 0. The van der Waals surface area contributed by atoms with E-state index in [2.05, 4.69) is 20.9 Å². The van der Waals surface area contributed by atoms with Gasteiger partial charge in [0.2, 0.25) is 0 Å². The van der Waals surface area contributed by atoms with Crippen LogP contribution in [0.1, 0.15) is 0 Å². The molecule has 66 valence electrons. The molecule has 1 aromatic heterocycles. The number of halogens is 1. The molecule has 3 nitrogen and oxygen atoms in total. The van der Waals surface area contributed by atoms with Gasteiger partial charge in [0.1, 0.15) is 0 Å². The lowest BCUT2D eigenvalue weighted by Gasteiger charge is -1.98. The van der Waals surface area contributed by atoms with Crippen molar-refractivity contribution in [2.24, 2.45) is 0 Å². The van der Waals surface area contributed by atoms with Gasteiger partial charge in [0, 0.05) is 15.4 Å². The first kappa shape index (κ1) is 8.31. The predicted octanol–water partition coefficient (Wildman–Crippen LogP) is 2.00. The minimum absolute atomic E-state index is 0.259. The molecular formula is C9H6BrNO2. The van der Waals surface area contributed by atoms with Crippen LogP contribution in [0, 0.1) is 0 Å². The summed E-state index contributed by atoms with van der Waals surface area (Å²) < 4.78 is 0.909. The molecule has 4 heteroatoms. The maximum atomic E-state index is 11.0. The fraction of sp³-hybridized carbons (Fsp3) is 0. The van der Waals surface area contributed by atoms with Crippen molar-refractivity contribution < 1.29 is 5.11 Å². The normalized spacial score (nSPS) is 10.5. The quantitative estimate of drug-likeness (QED) is 0.739. The molecule has 0 saturated carbocycles. The first-order valence-corrected chi connectivity index (χ1v) is 4.48. The number of benzene rings is 1. The van der Waals surface area contributed by atoms with Crippen molar-refractivity contribution in [3.05, 3.63) is 39.1 Å². The Labute approximate surface area is 82.2 Å². The van der Waals surface area contributed by atoms with Gasteiger partial charge in [-0.15, -0.1) is 0 Å². The first-order valence-electron chi connectivity index (χ1n) is 3.68. The zero-order valence-corrected chi connectivity index (χ0v) is 8.13. The second kappa shape index (κ2) is 2.88. The Morgan fingerprint density at radius 1 is 1.31 bits per heavy atom. The third kappa shape index (κ3) is 1.45. The number of aromatic hydroxyl groups is 1. The molecule has 0 amide bonds. The average Bonchev–Trinajstić information content (AvgIpc) is 2.08. The van der Waals surface area contributed by atoms with Crippen LogP contribution in [0.4, 0.5) is 0 Å². The van der Waals surface area contributed by atoms with Gasteiger partial charge in [-0.05, 0) is 24.3 Å². The highest BCUT2D eigenvalue weighted by atomic mass is 79.9. The van der Waals surface area contributed by atoms with Gasteiger partial charge >= 0.3 is 0 Å². The van der Waals surface area contributed by atoms with Crippen molar-refractivity contribution in [3.8, 4) is 5.75 Å². The molecule has 0 spiro atoms. The lowest BCUT2D eigenvalue weighted by Crippen LogP contribution is -2.03. The van der Waals surface area contributed by atoms with Gasteiger partial charge in [0.15, 0.2) is 5.75 Å². The zero-order valence-electron chi connectivity index (χ0n) is 6.54. The van der Waals surface area contributed by atoms with Gasteiger partial charge in [0.05, 0.1) is 0 Å². The van der Waals surface area contributed by atoms with E-state index in [1.165, 1.54) is 6.07 Å². The van der Waals surface area contributed by atoms with Crippen molar-refractivity contribution in [2.75, 3.05) is 0 Å². The van der Waals surface area contributed by atoms with Crippen LogP contribution < -0.4 is 5.56 Å². The second-order valence-electron chi connectivity index (χ2n) is 2.72. The molecule has 0 bridgehead atoms. The molecular weight excluding hydrogens is 234 g/mol. The SMILES string of the molecule is O=c1[nH]c2ccc(Br)cc2cc1O. The minimum atomic E-state index is -0.463. The van der Waals surface area contributed by atoms with Gasteiger partial charge in [0.25, 0.3) is 5.56 Å². The number of aromatic nitrogens is 1. The molecule has 2 N–H and O–H groups in total. The molecule has 0 fully saturated rings. The van der Waals surface area contributed by atoms with E-state index in [-0.39, 0.29) is 5.75 Å². The van der Waals surface area contributed by atoms with Gasteiger partial charge in [-0.2, -0.15) is 0 Å². The van der Waals surface area contributed by atoms with Crippen molar-refractivity contribution in [1.29, 1.82) is 0 Å². The summed E-state index contributed by atoms with van der Waals surface area (Å²) >= 11 is 3.30. The lowest BCUT2D eigenvalue weighted by atomic mass is 10.2.